The fourth-order valence-electron chi connectivity index (χ4n) is 1.96. The van der Waals surface area contributed by atoms with Crippen LogP contribution in [0.4, 0.5) is 5.69 Å². The van der Waals surface area contributed by atoms with Gasteiger partial charge in [-0.05, 0) is 36.6 Å². The van der Waals surface area contributed by atoms with Crippen molar-refractivity contribution in [3.8, 4) is 0 Å². The number of carbonyl (C=O) groups is 2. The van der Waals surface area contributed by atoms with Gasteiger partial charge in [-0.15, -0.1) is 11.3 Å². The number of nitrogens with one attached hydrogen (secondary N) is 1. The molecule has 2 aromatic rings. The van der Waals surface area contributed by atoms with Crippen molar-refractivity contribution in [2.75, 3.05) is 18.4 Å². The third-order valence-electron chi connectivity index (χ3n) is 3.19. The van der Waals surface area contributed by atoms with Gasteiger partial charge in [0.05, 0.1) is 15.7 Å². The minimum absolute atomic E-state index is 0.0777. The number of para-hydroxylation sites is 1. The lowest BCUT2D eigenvalue weighted by Crippen LogP contribution is -2.37. The molecule has 1 aromatic carbocycles. The fourth-order valence-corrected chi connectivity index (χ4v) is 3.07. The molecule has 1 N–H and O–H groups in total. The number of thiophene rings is 1. The topological polar surface area (TPSA) is 49.4 Å². The first-order valence-electron chi connectivity index (χ1n) is 7.25. The van der Waals surface area contributed by atoms with Gasteiger partial charge in [-0.3, -0.25) is 9.59 Å². The molecule has 2 amide bonds. The Labute approximate surface area is 154 Å². The van der Waals surface area contributed by atoms with Crippen molar-refractivity contribution in [3.05, 3.63) is 56.7 Å². The van der Waals surface area contributed by atoms with Crippen molar-refractivity contribution in [2.45, 2.75) is 6.92 Å². The van der Waals surface area contributed by atoms with Crippen LogP contribution in [0.1, 0.15) is 11.8 Å². The zero-order chi connectivity index (χ0) is 17.5. The molecule has 0 aliphatic heterocycles. The third kappa shape index (κ3) is 5.09. The number of hydrogen-bond acceptors (Lipinski definition) is 3. The minimum Gasteiger partial charge on any atom is -0.330 e. The maximum Gasteiger partial charge on any atom is 0.247 e. The van der Waals surface area contributed by atoms with Crippen LogP contribution in [-0.4, -0.2) is 29.8 Å². The Morgan fingerprint density at radius 2 is 1.92 bits per heavy atom. The standard InChI is InChI=1S/C17H16Cl2N2O2S/c1-2-21(16(23)9-8-12-5-4-10-24-12)11-15(22)20-17-13(18)6-3-7-14(17)19/h3-10H,2,11H2,1H3,(H,20,22)/b9-8+. The van der Waals surface area contributed by atoms with E-state index in [2.05, 4.69) is 5.32 Å². The Kier molecular flexibility index (Phi) is 6.85. The summed E-state index contributed by atoms with van der Waals surface area (Å²) in [6, 6.07) is 8.78. The van der Waals surface area contributed by atoms with Crippen molar-refractivity contribution >= 4 is 58.1 Å². The van der Waals surface area contributed by atoms with E-state index in [1.165, 1.54) is 22.3 Å². The van der Waals surface area contributed by atoms with Crippen LogP contribution in [0.2, 0.25) is 10.0 Å². The van der Waals surface area contributed by atoms with E-state index in [4.69, 9.17) is 23.2 Å². The lowest BCUT2D eigenvalue weighted by Gasteiger charge is -2.19. The van der Waals surface area contributed by atoms with E-state index in [0.29, 0.717) is 22.3 Å². The third-order valence-corrected chi connectivity index (χ3v) is 4.66. The summed E-state index contributed by atoms with van der Waals surface area (Å²) in [5, 5.41) is 5.28. The van der Waals surface area contributed by atoms with Gasteiger partial charge in [-0.1, -0.05) is 35.3 Å². The predicted molar refractivity (Wildman–Crippen MR) is 101 cm³/mol. The molecule has 0 fully saturated rings. The molecule has 4 nitrogen and oxygen atoms in total. The summed E-state index contributed by atoms with van der Waals surface area (Å²) in [5.74, 6) is -0.587. The molecule has 0 aliphatic carbocycles. The molecule has 0 spiro atoms. The van der Waals surface area contributed by atoms with Gasteiger partial charge in [-0.2, -0.15) is 0 Å². The van der Waals surface area contributed by atoms with Gasteiger partial charge in [0.1, 0.15) is 6.54 Å². The highest BCUT2D eigenvalue weighted by Crippen LogP contribution is 2.29. The smallest absolute Gasteiger partial charge is 0.247 e. The van der Waals surface area contributed by atoms with E-state index in [1.807, 2.05) is 24.4 Å². The molecule has 0 atom stereocenters. The number of rotatable bonds is 6. The Hall–Kier alpha value is -1.82. The van der Waals surface area contributed by atoms with Crippen molar-refractivity contribution in [2.24, 2.45) is 0 Å². The molecule has 0 saturated carbocycles. The van der Waals surface area contributed by atoms with Crippen LogP contribution < -0.4 is 5.32 Å². The maximum absolute atomic E-state index is 12.2. The molecule has 24 heavy (non-hydrogen) atoms. The van der Waals surface area contributed by atoms with Crippen molar-refractivity contribution < 1.29 is 9.59 Å². The normalized spacial score (nSPS) is 10.8. The average molecular weight is 383 g/mol. The van der Waals surface area contributed by atoms with E-state index < -0.39 is 0 Å². The van der Waals surface area contributed by atoms with Gasteiger partial charge >= 0.3 is 0 Å². The number of likely N-dealkylation sites (N-methyl/N-ethyl adjacent to an activating group) is 1. The highest BCUT2D eigenvalue weighted by molar-refractivity contribution is 7.10. The van der Waals surface area contributed by atoms with Crippen molar-refractivity contribution in [1.82, 2.24) is 4.90 Å². The van der Waals surface area contributed by atoms with Gasteiger partial charge in [0, 0.05) is 17.5 Å². The maximum atomic E-state index is 12.2. The molecule has 1 aromatic heterocycles. The summed E-state index contributed by atoms with van der Waals surface area (Å²) in [6.07, 6.45) is 3.20. The van der Waals surface area contributed by atoms with Gasteiger partial charge in [0.25, 0.3) is 0 Å². The van der Waals surface area contributed by atoms with E-state index in [9.17, 15) is 9.59 Å². The van der Waals surface area contributed by atoms with Crippen LogP contribution in [-0.2, 0) is 9.59 Å². The van der Waals surface area contributed by atoms with E-state index >= 15 is 0 Å². The molecule has 1 heterocycles. The summed E-state index contributed by atoms with van der Waals surface area (Å²) >= 11 is 13.6. The molecule has 0 unspecified atom stereocenters. The molecule has 126 valence electrons. The van der Waals surface area contributed by atoms with Crippen LogP contribution in [0.25, 0.3) is 6.08 Å². The Balaban J connectivity index is 1.99. The average Bonchev–Trinajstić information content (AvgIpc) is 3.07. The summed E-state index contributed by atoms with van der Waals surface area (Å²) in [6.45, 7) is 2.15. The van der Waals surface area contributed by atoms with Crippen LogP contribution >= 0.6 is 34.5 Å². The number of halogens is 2. The zero-order valence-corrected chi connectivity index (χ0v) is 15.3. The first-order chi connectivity index (χ1) is 11.5. The van der Waals surface area contributed by atoms with E-state index in [-0.39, 0.29) is 18.4 Å². The van der Waals surface area contributed by atoms with E-state index in [0.717, 1.165) is 4.88 Å². The number of hydrogen-bond donors (Lipinski definition) is 1. The second-order valence-electron chi connectivity index (χ2n) is 4.85. The number of anilines is 1. The van der Waals surface area contributed by atoms with Gasteiger partial charge in [-0.25, -0.2) is 0 Å². The summed E-state index contributed by atoms with van der Waals surface area (Å²) in [5.41, 5.74) is 0.350. The van der Waals surface area contributed by atoms with Crippen LogP contribution in [0, 0.1) is 0 Å². The van der Waals surface area contributed by atoms with Gasteiger partial charge in [0.2, 0.25) is 11.8 Å². The quantitative estimate of drug-likeness (QED) is 0.744. The SMILES string of the molecule is CCN(CC(=O)Nc1c(Cl)cccc1Cl)C(=O)/C=C/c1cccs1. The predicted octanol–water partition coefficient (Wildman–Crippen LogP) is 4.56. The summed E-state index contributed by atoms with van der Waals surface area (Å²) in [7, 11) is 0. The number of carbonyl (C=O) groups excluding carboxylic acids is 2. The molecule has 2 rings (SSSR count). The lowest BCUT2D eigenvalue weighted by atomic mass is 10.3. The molecule has 0 radical (unpaired) electrons. The first kappa shape index (κ1) is 18.5. The molecular formula is C17H16Cl2N2O2S. The Morgan fingerprint density at radius 1 is 1.21 bits per heavy atom. The highest BCUT2D eigenvalue weighted by Gasteiger charge is 2.15. The zero-order valence-electron chi connectivity index (χ0n) is 13.0. The molecule has 0 bridgehead atoms. The van der Waals surface area contributed by atoms with Crippen LogP contribution in [0.3, 0.4) is 0 Å². The van der Waals surface area contributed by atoms with Crippen LogP contribution in [0.5, 0.6) is 0 Å². The Bertz CT molecular complexity index is 725. The van der Waals surface area contributed by atoms with Gasteiger partial charge in [0.15, 0.2) is 0 Å². The Morgan fingerprint density at radius 3 is 2.50 bits per heavy atom. The van der Waals surface area contributed by atoms with Crippen molar-refractivity contribution in [1.29, 1.82) is 0 Å². The minimum atomic E-state index is -0.357. The van der Waals surface area contributed by atoms with Crippen LogP contribution in [0.15, 0.2) is 41.8 Å². The largest absolute Gasteiger partial charge is 0.330 e. The lowest BCUT2D eigenvalue weighted by molar-refractivity contribution is -0.130. The monoisotopic (exact) mass is 382 g/mol. The van der Waals surface area contributed by atoms with Gasteiger partial charge < -0.3 is 10.2 Å². The fraction of sp³-hybridized carbons (Fsp3) is 0.176. The summed E-state index contributed by atoms with van der Waals surface area (Å²) in [4.78, 5) is 26.8. The molecular weight excluding hydrogens is 367 g/mol. The molecule has 0 aliphatic rings. The molecule has 0 saturated heterocycles. The second-order valence-corrected chi connectivity index (χ2v) is 6.64. The number of benzene rings is 1. The highest BCUT2D eigenvalue weighted by atomic mass is 35.5. The van der Waals surface area contributed by atoms with E-state index in [1.54, 1.807) is 24.3 Å². The summed E-state index contributed by atoms with van der Waals surface area (Å²) < 4.78 is 0. The number of nitrogens with zero attached hydrogens (tertiary/aromatic N) is 1. The molecule has 7 heteroatoms. The van der Waals surface area contributed by atoms with Crippen molar-refractivity contribution in [3.63, 3.8) is 0 Å². The first-order valence-corrected chi connectivity index (χ1v) is 8.89. The second kappa shape index (κ2) is 8.87. The number of amides is 2.